The highest BCUT2D eigenvalue weighted by Gasteiger charge is 2.25. The molecule has 3 heteroatoms. The lowest BCUT2D eigenvalue weighted by Gasteiger charge is -2.28. The lowest BCUT2D eigenvalue weighted by Crippen LogP contribution is -2.11. The summed E-state index contributed by atoms with van der Waals surface area (Å²) < 4.78 is 5.03. The number of fused-ring (bicyclic) bond motifs is 8. The number of hydrogen-bond acceptors (Lipinski definition) is 2. The van der Waals surface area contributed by atoms with E-state index < -0.39 is 0 Å². The van der Waals surface area contributed by atoms with Crippen molar-refractivity contribution in [2.45, 2.75) is 0 Å². The molecule has 304 valence electrons. The van der Waals surface area contributed by atoms with Crippen molar-refractivity contribution < 1.29 is 0 Å². The first-order valence-electron chi connectivity index (χ1n) is 22.2. The summed E-state index contributed by atoms with van der Waals surface area (Å²) in [6, 6.07) is 89.0. The highest BCUT2D eigenvalue weighted by Crippen LogP contribution is 2.51. The molecule has 0 saturated heterocycles. The van der Waals surface area contributed by atoms with Crippen LogP contribution in [0.1, 0.15) is 0 Å². The number of benzene rings is 11. The van der Waals surface area contributed by atoms with E-state index in [4.69, 9.17) is 0 Å². The highest BCUT2D eigenvalue weighted by molar-refractivity contribution is 7.26. The van der Waals surface area contributed by atoms with E-state index in [1.165, 1.54) is 103 Å². The van der Waals surface area contributed by atoms with E-state index in [0.29, 0.717) is 0 Å². The number of hydrogen-bond donors (Lipinski definition) is 0. The first-order chi connectivity index (χ1) is 32.2. The van der Waals surface area contributed by atoms with Crippen LogP contribution in [-0.2, 0) is 0 Å². The molecule has 0 bridgehead atoms. The molecule has 0 amide bonds. The van der Waals surface area contributed by atoms with Gasteiger partial charge in [0.1, 0.15) is 0 Å². The zero-order valence-electron chi connectivity index (χ0n) is 35.4. The van der Waals surface area contributed by atoms with Crippen LogP contribution in [0.2, 0.25) is 0 Å². The zero-order valence-corrected chi connectivity index (χ0v) is 36.2. The molecule has 11 aromatic carbocycles. The topological polar surface area (TPSA) is 8.17 Å². The quantitative estimate of drug-likeness (QED) is 0.155. The summed E-state index contributed by atoms with van der Waals surface area (Å²) in [5.74, 6) is 0. The Hall–Kier alpha value is -8.24. The second kappa shape index (κ2) is 15.2. The number of anilines is 3. The number of para-hydroxylation sites is 1. The van der Waals surface area contributed by atoms with Gasteiger partial charge in [-0.1, -0.05) is 188 Å². The predicted molar refractivity (Wildman–Crippen MR) is 280 cm³/mol. The summed E-state index contributed by atoms with van der Waals surface area (Å²) in [4.78, 5) is 2.52. The van der Waals surface area contributed by atoms with Crippen LogP contribution in [0.3, 0.4) is 0 Å². The molecular formula is C62H40N2S. The number of aromatic nitrogens is 1. The van der Waals surface area contributed by atoms with Gasteiger partial charge in [0.25, 0.3) is 0 Å². The zero-order chi connectivity index (χ0) is 42.8. The smallest absolute Gasteiger partial charge is 0.0562 e. The van der Waals surface area contributed by atoms with E-state index in [9.17, 15) is 0 Å². The second-order valence-electron chi connectivity index (χ2n) is 16.8. The summed E-state index contributed by atoms with van der Waals surface area (Å²) in [7, 11) is 0. The number of thiophene rings is 1. The van der Waals surface area contributed by atoms with E-state index in [1.54, 1.807) is 0 Å². The Balaban J connectivity index is 1.03. The molecule has 0 fully saturated rings. The summed E-state index contributed by atoms with van der Waals surface area (Å²) >= 11 is 1.88. The Bertz CT molecular complexity index is 3930. The van der Waals surface area contributed by atoms with Gasteiger partial charge in [-0.15, -0.1) is 11.3 Å². The van der Waals surface area contributed by atoms with Crippen molar-refractivity contribution in [3.8, 4) is 39.1 Å². The van der Waals surface area contributed by atoms with E-state index in [0.717, 1.165) is 17.1 Å². The normalized spacial score (nSPS) is 11.7. The van der Waals surface area contributed by atoms with E-state index in [1.807, 2.05) is 11.3 Å². The highest BCUT2D eigenvalue weighted by atomic mass is 32.1. The average Bonchev–Trinajstić information content (AvgIpc) is 3.94. The number of rotatable bonds is 7. The standard InChI is InChI=1S/C62H40N2S/c1-2-15-46(16-3-1)51-38-39-58(61-53-22-9-11-27-59(53)65-62(51)61)63(49-36-34-43(35-37-49)42-28-30-44(31-29-42)48-33-32-41-14-4-5-18-47(41)40-48)56-25-13-26-57-60(56)52-21-8-10-23-55(52)64(57)54-24-12-19-45-17-6-7-20-50(45)54/h1-40H. The van der Waals surface area contributed by atoms with Gasteiger partial charge in [-0.25, -0.2) is 0 Å². The van der Waals surface area contributed by atoms with Crippen molar-refractivity contribution in [3.05, 3.63) is 243 Å². The van der Waals surface area contributed by atoms with Crippen LogP contribution in [0.15, 0.2) is 243 Å². The van der Waals surface area contributed by atoms with Crippen molar-refractivity contribution in [1.29, 1.82) is 0 Å². The first kappa shape index (κ1) is 37.3. The van der Waals surface area contributed by atoms with Gasteiger partial charge in [0.15, 0.2) is 0 Å². The largest absolute Gasteiger partial charge is 0.309 e. The molecule has 65 heavy (non-hydrogen) atoms. The van der Waals surface area contributed by atoms with Crippen molar-refractivity contribution in [3.63, 3.8) is 0 Å². The van der Waals surface area contributed by atoms with Gasteiger partial charge < -0.3 is 9.47 Å². The Kier molecular flexibility index (Phi) is 8.75. The average molecular weight is 845 g/mol. The Morgan fingerprint density at radius 3 is 1.74 bits per heavy atom. The van der Waals surface area contributed by atoms with Crippen molar-refractivity contribution in [2.24, 2.45) is 0 Å². The number of nitrogens with zero attached hydrogens (tertiary/aromatic N) is 2. The first-order valence-corrected chi connectivity index (χ1v) is 23.1. The maximum atomic E-state index is 2.52. The SMILES string of the molecule is c1ccc(-c2ccc(N(c3ccc(-c4ccc(-c5ccc6ccccc6c5)cc4)cc3)c3cccc4c3c3ccccc3n4-c3cccc4ccccc34)c3c2sc2ccccc23)cc1. The van der Waals surface area contributed by atoms with Crippen molar-refractivity contribution >= 4 is 91.9 Å². The third kappa shape index (κ3) is 6.16. The van der Waals surface area contributed by atoms with Crippen molar-refractivity contribution in [1.82, 2.24) is 4.57 Å². The van der Waals surface area contributed by atoms with E-state index >= 15 is 0 Å². The molecule has 13 aromatic rings. The molecule has 0 saturated carbocycles. The molecule has 0 unspecified atom stereocenters. The maximum absolute atomic E-state index is 2.52. The lowest BCUT2D eigenvalue weighted by atomic mass is 9.98. The van der Waals surface area contributed by atoms with Crippen LogP contribution in [0, 0.1) is 0 Å². The molecule has 2 heterocycles. The fourth-order valence-electron chi connectivity index (χ4n) is 10.1. The minimum absolute atomic E-state index is 1.10. The molecule has 0 aliphatic carbocycles. The molecule has 0 N–H and O–H groups in total. The monoisotopic (exact) mass is 844 g/mol. The van der Waals surface area contributed by atoms with Crippen LogP contribution in [0.25, 0.3) is 103 Å². The summed E-state index contributed by atoms with van der Waals surface area (Å²) in [6.07, 6.45) is 0. The third-order valence-electron chi connectivity index (χ3n) is 13.2. The van der Waals surface area contributed by atoms with Gasteiger partial charge in [0, 0.05) is 42.0 Å². The summed E-state index contributed by atoms with van der Waals surface area (Å²) in [6.45, 7) is 0. The molecule has 0 atom stereocenters. The summed E-state index contributed by atoms with van der Waals surface area (Å²) in [5, 5.41) is 9.91. The molecular weight excluding hydrogens is 805 g/mol. The van der Waals surface area contributed by atoms with Crippen LogP contribution in [0.4, 0.5) is 17.1 Å². The van der Waals surface area contributed by atoms with Crippen LogP contribution in [0.5, 0.6) is 0 Å². The van der Waals surface area contributed by atoms with Gasteiger partial charge >= 0.3 is 0 Å². The lowest BCUT2D eigenvalue weighted by molar-refractivity contribution is 1.20. The Labute approximate surface area is 381 Å². The Morgan fingerprint density at radius 2 is 0.923 bits per heavy atom. The van der Waals surface area contributed by atoms with E-state index in [2.05, 4.69) is 252 Å². The second-order valence-corrected chi connectivity index (χ2v) is 17.9. The van der Waals surface area contributed by atoms with E-state index in [-0.39, 0.29) is 0 Å². The Morgan fingerprint density at radius 1 is 0.338 bits per heavy atom. The minimum atomic E-state index is 1.10. The molecule has 2 nitrogen and oxygen atoms in total. The predicted octanol–water partition coefficient (Wildman–Crippen LogP) is 17.9. The molecule has 0 radical (unpaired) electrons. The summed E-state index contributed by atoms with van der Waals surface area (Å²) in [5.41, 5.74) is 14.2. The van der Waals surface area contributed by atoms with Gasteiger partial charge in [-0.2, -0.15) is 0 Å². The van der Waals surface area contributed by atoms with Crippen LogP contribution >= 0.6 is 11.3 Å². The van der Waals surface area contributed by atoms with Crippen LogP contribution in [-0.4, -0.2) is 4.57 Å². The van der Waals surface area contributed by atoms with Crippen LogP contribution < -0.4 is 4.90 Å². The fourth-order valence-corrected chi connectivity index (χ4v) is 11.4. The van der Waals surface area contributed by atoms with Gasteiger partial charge in [-0.3, -0.25) is 0 Å². The molecule has 0 spiro atoms. The van der Waals surface area contributed by atoms with Gasteiger partial charge in [-0.05, 0) is 104 Å². The minimum Gasteiger partial charge on any atom is -0.309 e. The molecule has 13 rings (SSSR count). The fraction of sp³-hybridized carbons (Fsp3) is 0. The molecule has 2 aromatic heterocycles. The van der Waals surface area contributed by atoms with Gasteiger partial charge in [0.2, 0.25) is 0 Å². The maximum Gasteiger partial charge on any atom is 0.0562 e. The molecule has 0 aliphatic rings. The molecule has 0 aliphatic heterocycles. The van der Waals surface area contributed by atoms with Gasteiger partial charge in [0.05, 0.1) is 28.1 Å². The third-order valence-corrected chi connectivity index (χ3v) is 14.4. The van der Waals surface area contributed by atoms with Crippen molar-refractivity contribution in [2.75, 3.05) is 4.90 Å².